The molecule has 122 valence electrons. The summed E-state index contributed by atoms with van der Waals surface area (Å²) in [5, 5.41) is 3.19. The minimum Gasteiger partial charge on any atom is -0.447 e. The monoisotopic (exact) mass is 319 g/mol. The van der Waals surface area contributed by atoms with Gasteiger partial charge in [0.1, 0.15) is 5.76 Å². The smallest absolute Gasteiger partial charge is 0.275 e. The number of ether oxygens (including phenoxy) is 1. The van der Waals surface area contributed by atoms with E-state index in [1.165, 1.54) is 20.2 Å². The maximum Gasteiger partial charge on any atom is 0.275 e. The molecule has 21 heavy (non-hydrogen) atoms. The van der Waals surface area contributed by atoms with Crippen LogP contribution < -0.4 is 5.32 Å². The molecule has 0 saturated heterocycles. The first-order valence-electron chi connectivity index (χ1n) is 6.77. The van der Waals surface area contributed by atoms with Gasteiger partial charge in [0.2, 0.25) is 5.09 Å². The van der Waals surface area contributed by atoms with Crippen molar-refractivity contribution in [3.8, 4) is 0 Å². The Balaban J connectivity index is 2.36. The molecule has 0 aliphatic rings. The van der Waals surface area contributed by atoms with Crippen molar-refractivity contribution in [2.75, 3.05) is 54.5 Å². The summed E-state index contributed by atoms with van der Waals surface area (Å²) in [7, 11) is 3.17. The topological polar surface area (TPSA) is 75.0 Å². The summed E-state index contributed by atoms with van der Waals surface area (Å²) in [6.45, 7) is 3.76. The third-order valence-electron chi connectivity index (χ3n) is 3.02. The number of rotatable bonds is 10. The van der Waals surface area contributed by atoms with Crippen molar-refractivity contribution in [2.24, 2.45) is 0 Å². The van der Waals surface area contributed by atoms with Crippen LogP contribution in [-0.4, -0.2) is 72.1 Å². The maximum atomic E-state index is 11.9. The molecular weight excluding hydrogens is 294 g/mol. The minimum atomic E-state index is -3.49. The van der Waals surface area contributed by atoms with Crippen LogP contribution >= 0.6 is 0 Å². The second kappa shape index (κ2) is 8.50. The van der Waals surface area contributed by atoms with E-state index in [1.54, 1.807) is 13.2 Å². The lowest BCUT2D eigenvalue weighted by atomic mass is 10.4. The third kappa shape index (κ3) is 5.76. The largest absolute Gasteiger partial charge is 0.447 e. The molecular formula is C13H25N3O4S. The van der Waals surface area contributed by atoms with Crippen molar-refractivity contribution in [2.45, 2.75) is 11.6 Å². The molecule has 0 spiro atoms. The van der Waals surface area contributed by atoms with Gasteiger partial charge in [-0.15, -0.1) is 0 Å². The summed E-state index contributed by atoms with van der Waals surface area (Å²) in [6.07, 6.45) is 0. The van der Waals surface area contributed by atoms with Gasteiger partial charge in [-0.1, -0.05) is 0 Å². The molecule has 0 aliphatic heterocycles. The Bertz CT molecular complexity index is 513. The lowest BCUT2D eigenvalue weighted by Crippen LogP contribution is -2.31. The fraction of sp³-hybridized carbons (Fsp3) is 0.692. The van der Waals surface area contributed by atoms with Gasteiger partial charge in [0.15, 0.2) is 0 Å². The molecule has 7 nitrogen and oxygen atoms in total. The Morgan fingerprint density at radius 1 is 1.24 bits per heavy atom. The highest BCUT2D eigenvalue weighted by atomic mass is 32.2. The van der Waals surface area contributed by atoms with Gasteiger partial charge in [0.25, 0.3) is 10.0 Å². The average Bonchev–Trinajstić information content (AvgIpc) is 2.90. The molecule has 0 atom stereocenters. The zero-order chi connectivity index (χ0) is 15.9. The van der Waals surface area contributed by atoms with Gasteiger partial charge in [0, 0.05) is 40.8 Å². The summed E-state index contributed by atoms with van der Waals surface area (Å²) in [5.41, 5.74) is 0. The van der Waals surface area contributed by atoms with Crippen LogP contribution in [0.4, 0.5) is 0 Å². The molecule has 0 radical (unpaired) electrons. The van der Waals surface area contributed by atoms with Crippen LogP contribution in [0.25, 0.3) is 0 Å². The van der Waals surface area contributed by atoms with Crippen LogP contribution in [0.1, 0.15) is 5.76 Å². The molecule has 0 amide bonds. The van der Waals surface area contributed by atoms with Gasteiger partial charge < -0.3 is 19.4 Å². The minimum absolute atomic E-state index is 0.0264. The Labute approximate surface area is 126 Å². The summed E-state index contributed by atoms with van der Waals surface area (Å²) in [4.78, 5) is 2.15. The van der Waals surface area contributed by atoms with Crippen LogP contribution in [0.2, 0.25) is 0 Å². The summed E-state index contributed by atoms with van der Waals surface area (Å²) in [6, 6.07) is 3.16. The van der Waals surface area contributed by atoms with Crippen molar-refractivity contribution >= 4 is 10.0 Å². The van der Waals surface area contributed by atoms with E-state index in [0.29, 0.717) is 18.9 Å². The van der Waals surface area contributed by atoms with Crippen molar-refractivity contribution in [3.05, 3.63) is 17.9 Å². The predicted molar refractivity (Wildman–Crippen MR) is 80.7 cm³/mol. The Morgan fingerprint density at radius 2 is 1.95 bits per heavy atom. The number of furan rings is 1. The Hall–Kier alpha value is -0.930. The predicted octanol–water partition coefficient (Wildman–Crippen LogP) is 0.198. The Kier molecular flexibility index (Phi) is 7.33. The molecule has 1 heterocycles. The van der Waals surface area contributed by atoms with E-state index >= 15 is 0 Å². The van der Waals surface area contributed by atoms with Gasteiger partial charge in [-0.3, -0.25) is 0 Å². The third-order valence-corrected chi connectivity index (χ3v) is 4.71. The highest BCUT2D eigenvalue weighted by Crippen LogP contribution is 2.16. The first-order valence-corrected chi connectivity index (χ1v) is 8.21. The molecule has 1 rings (SSSR count). The molecule has 0 unspecified atom stereocenters. The summed E-state index contributed by atoms with van der Waals surface area (Å²) < 4.78 is 35.2. The molecule has 1 aromatic rings. The number of nitrogens with zero attached hydrogens (tertiary/aromatic N) is 2. The van der Waals surface area contributed by atoms with Crippen LogP contribution in [0, 0.1) is 0 Å². The molecule has 0 aliphatic carbocycles. The number of hydrogen-bond acceptors (Lipinski definition) is 6. The van der Waals surface area contributed by atoms with Gasteiger partial charge >= 0.3 is 0 Å². The van der Waals surface area contributed by atoms with Crippen LogP contribution in [-0.2, 0) is 21.3 Å². The van der Waals surface area contributed by atoms with Gasteiger partial charge in [0.05, 0.1) is 13.2 Å². The second-order valence-corrected chi connectivity index (χ2v) is 7.06. The van der Waals surface area contributed by atoms with Gasteiger partial charge in [-0.25, -0.2) is 12.7 Å². The molecule has 8 heteroatoms. The highest BCUT2D eigenvalue weighted by Gasteiger charge is 2.21. The van der Waals surface area contributed by atoms with E-state index in [1.807, 2.05) is 7.05 Å². The fourth-order valence-electron chi connectivity index (χ4n) is 1.61. The van der Waals surface area contributed by atoms with Crippen molar-refractivity contribution in [1.29, 1.82) is 0 Å². The normalized spacial score (nSPS) is 12.5. The van der Waals surface area contributed by atoms with Crippen LogP contribution in [0.15, 0.2) is 21.6 Å². The van der Waals surface area contributed by atoms with Crippen LogP contribution in [0.5, 0.6) is 0 Å². The molecule has 0 aromatic carbocycles. The quantitative estimate of drug-likeness (QED) is 0.621. The molecule has 1 aromatic heterocycles. The number of nitrogens with one attached hydrogen (secondary N) is 1. The van der Waals surface area contributed by atoms with Crippen molar-refractivity contribution in [1.82, 2.24) is 14.5 Å². The lowest BCUT2D eigenvalue weighted by Gasteiger charge is -2.15. The van der Waals surface area contributed by atoms with E-state index < -0.39 is 10.0 Å². The van der Waals surface area contributed by atoms with Crippen molar-refractivity contribution in [3.63, 3.8) is 0 Å². The first kappa shape index (κ1) is 18.1. The fourth-order valence-corrected chi connectivity index (χ4v) is 2.42. The zero-order valence-electron chi connectivity index (χ0n) is 13.1. The summed E-state index contributed by atoms with van der Waals surface area (Å²) >= 11 is 0. The molecule has 0 fully saturated rings. The standard InChI is InChI=1S/C13H25N3O4S/c1-15(2)21(17,18)13-6-5-12(20-13)11-14-7-8-16(3)9-10-19-4/h5-6,14H,7-11H2,1-4H3. The SMILES string of the molecule is COCCN(C)CCNCc1ccc(S(=O)(=O)N(C)C)o1. The van der Waals surface area contributed by atoms with E-state index in [4.69, 9.17) is 9.15 Å². The number of sulfonamides is 1. The highest BCUT2D eigenvalue weighted by molar-refractivity contribution is 7.88. The van der Waals surface area contributed by atoms with E-state index in [0.717, 1.165) is 23.9 Å². The zero-order valence-corrected chi connectivity index (χ0v) is 13.9. The van der Waals surface area contributed by atoms with Gasteiger partial charge in [-0.05, 0) is 19.2 Å². The number of likely N-dealkylation sites (N-methyl/N-ethyl adjacent to an activating group) is 1. The van der Waals surface area contributed by atoms with E-state index in [-0.39, 0.29) is 5.09 Å². The van der Waals surface area contributed by atoms with Crippen LogP contribution in [0.3, 0.4) is 0 Å². The Morgan fingerprint density at radius 3 is 2.57 bits per heavy atom. The second-order valence-electron chi connectivity index (χ2n) is 4.98. The number of hydrogen-bond donors (Lipinski definition) is 1. The average molecular weight is 319 g/mol. The van der Waals surface area contributed by atoms with Crippen molar-refractivity contribution < 1.29 is 17.6 Å². The van der Waals surface area contributed by atoms with E-state index in [9.17, 15) is 8.42 Å². The maximum absolute atomic E-state index is 11.9. The summed E-state index contributed by atoms with van der Waals surface area (Å²) in [5.74, 6) is 0.606. The van der Waals surface area contributed by atoms with E-state index in [2.05, 4.69) is 10.2 Å². The number of methoxy groups -OCH3 is 1. The van der Waals surface area contributed by atoms with Gasteiger partial charge in [-0.2, -0.15) is 0 Å². The lowest BCUT2D eigenvalue weighted by molar-refractivity contribution is 0.161. The first-order chi connectivity index (χ1) is 9.87. The molecule has 0 bridgehead atoms. The molecule has 0 saturated carbocycles. The molecule has 1 N–H and O–H groups in total.